The average molecular weight is 331 g/mol. The maximum Gasteiger partial charge on any atom is 0.216 e. The van der Waals surface area contributed by atoms with Crippen LogP contribution in [0, 0.1) is 0 Å². The first-order chi connectivity index (χ1) is 9.96. The van der Waals surface area contributed by atoms with Gasteiger partial charge in [0.2, 0.25) is 10.0 Å². The Morgan fingerprint density at radius 1 is 1.29 bits per heavy atom. The minimum Gasteiger partial charge on any atom is -0.313 e. The lowest BCUT2D eigenvalue weighted by Crippen LogP contribution is -2.33. The van der Waals surface area contributed by atoms with Crippen molar-refractivity contribution in [3.8, 4) is 0 Å². The van der Waals surface area contributed by atoms with Crippen molar-refractivity contribution >= 4 is 21.8 Å². The second-order valence-electron chi connectivity index (χ2n) is 5.16. The van der Waals surface area contributed by atoms with E-state index in [-0.39, 0.29) is 11.8 Å². The summed E-state index contributed by atoms with van der Waals surface area (Å²) < 4.78 is 27.1. The van der Waals surface area contributed by atoms with Crippen molar-refractivity contribution in [3.63, 3.8) is 0 Å². The third-order valence-corrected chi connectivity index (χ3v) is 5.18. The van der Waals surface area contributed by atoms with Gasteiger partial charge in [0.05, 0.1) is 5.75 Å². The number of sulfonamides is 1. The fourth-order valence-corrected chi connectivity index (χ4v) is 4.04. The van der Waals surface area contributed by atoms with E-state index in [0.29, 0.717) is 0 Å². The van der Waals surface area contributed by atoms with E-state index in [4.69, 9.17) is 0 Å². The molecule has 0 bridgehead atoms. The Morgan fingerprint density at radius 2 is 2.00 bits per heavy atom. The summed E-state index contributed by atoms with van der Waals surface area (Å²) in [5, 5.41) is 3.24. The van der Waals surface area contributed by atoms with Gasteiger partial charge in [0.15, 0.2) is 0 Å². The summed E-state index contributed by atoms with van der Waals surface area (Å²) in [6, 6.07) is 7.71. The third-order valence-electron chi connectivity index (χ3n) is 3.06. The second kappa shape index (κ2) is 9.46. The molecule has 1 unspecified atom stereocenters. The molecule has 4 nitrogen and oxygen atoms in total. The van der Waals surface area contributed by atoms with E-state index in [9.17, 15) is 8.42 Å². The van der Waals surface area contributed by atoms with E-state index in [0.717, 1.165) is 36.4 Å². The van der Waals surface area contributed by atoms with Crippen molar-refractivity contribution in [2.75, 3.05) is 18.6 Å². The fourth-order valence-electron chi connectivity index (χ4n) is 2.02. The number of thioether (sulfide) groups is 1. The number of hydrogen-bond donors (Lipinski definition) is 2. The Bertz CT molecular complexity index is 518. The second-order valence-corrected chi connectivity index (χ2v) is 7.90. The molecule has 21 heavy (non-hydrogen) atoms. The van der Waals surface area contributed by atoms with E-state index in [1.54, 1.807) is 11.8 Å². The highest BCUT2D eigenvalue weighted by molar-refractivity contribution is 7.98. The number of hydrogen-bond acceptors (Lipinski definition) is 4. The molecule has 0 fully saturated rings. The molecular formula is C15H26N2O2S2. The zero-order chi connectivity index (χ0) is 15.7. The first-order valence-corrected chi connectivity index (χ1v) is 10.3. The summed E-state index contributed by atoms with van der Waals surface area (Å²) in [4.78, 5) is 0. The zero-order valence-corrected chi connectivity index (χ0v) is 14.7. The highest BCUT2D eigenvalue weighted by atomic mass is 32.2. The molecule has 0 aliphatic heterocycles. The van der Waals surface area contributed by atoms with Gasteiger partial charge in [0.25, 0.3) is 0 Å². The van der Waals surface area contributed by atoms with Crippen LogP contribution in [0.2, 0.25) is 0 Å². The Kier molecular flexibility index (Phi) is 8.33. The first kappa shape index (κ1) is 18.5. The van der Waals surface area contributed by atoms with Gasteiger partial charge in [-0.05, 0) is 43.0 Å². The summed E-state index contributed by atoms with van der Waals surface area (Å²) in [6.07, 6.45) is 2.87. The van der Waals surface area contributed by atoms with Gasteiger partial charge in [-0.2, -0.15) is 11.8 Å². The van der Waals surface area contributed by atoms with Crippen molar-refractivity contribution in [3.05, 3.63) is 35.4 Å². The van der Waals surface area contributed by atoms with Crippen molar-refractivity contribution < 1.29 is 8.42 Å². The SMILES string of the molecule is CCNCc1cccc(CS(=O)(=O)NC(C)CCSC)c1. The van der Waals surface area contributed by atoms with Gasteiger partial charge in [-0.15, -0.1) is 0 Å². The molecule has 0 aliphatic rings. The highest BCUT2D eigenvalue weighted by Crippen LogP contribution is 2.10. The zero-order valence-electron chi connectivity index (χ0n) is 13.1. The number of rotatable bonds is 10. The van der Waals surface area contributed by atoms with Gasteiger partial charge < -0.3 is 5.32 Å². The molecule has 120 valence electrons. The van der Waals surface area contributed by atoms with Crippen molar-refractivity contribution in [2.24, 2.45) is 0 Å². The quantitative estimate of drug-likeness (QED) is 0.691. The lowest BCUT2D eigenvalue weighted by molar-refractivity contribution is 0.556. The molecule has 0 aromatic heterocycles. The highest BCUT2D eigenvalue weighted by Gasteiger charge is 2.15. The smallest absolute Gasteiger partial charge is 0.216 e. The summed E-state index contributed by atoms with van der Waals surface area (Å²) in [5.41, 5.74) is 1.94. The van der Waals surface area contributed by atoms with E-state index >= 15 is 0 Å². The molecule has 1 aromatic rings. The normalized spacial score (nSPS) is 13.3. The van der Waals surface area contributed by atoms with E-state index in [1.165, 1.54) is 0 Å². The largest absolute Gasteiger partial charge is 0.313 e. The Morgan fingerprint density at radius 3 is 2.67 bits per heavy atom. The minimum absolute atomic E-state index is 0.0209. The van der Waals surface area contributed by atoms with E-state index < -0.39 is 10.0 Å². The summed E-state index contributed by atoms with van der Waals surface area (Å²) >= 11 is 1.73. The molecule has 0 heterocycles. The minimum atomic E-state index is -3.28. The van der Waals surface area contributed by atoms with Crippen molar-refractivity contribution in [1.82, 2.24) is 10.0 Å². The molecular weight excluding hydrogens is 304 g/mol. The monoisotopic (exact) mass is 330 g/mol. The maximum absolute atomic E-state index is 12.2. The molecule has 0 radical (unpaired) electrons. The summed E-state index contributed by atoms with van der Waals surface area (Å²) in [5.74, 6) is 0.998. The van der Waals surface area contributed by atoms with Crippen LogP contribution in [-0.4, -0.2) is 33.0 Å². The Labute approximate surface area is 133 Å². The van der Waals surface area contributed by atoms with Crippen LogP contribution in [0.5, 0.6) is 0 Å². The van der Waals surface area contributed by atoms with Crippen LogP contribution in [0.3, 0.4) is 0 Å². The molecule has 2 N–H and O–H groups in total. The van der Waals surface area contributed by atoms with Crippen molar-refractivity contribution in [1.29, 1.82) is 0 Å². The number of benzene rings is 1. The molecule has 0 saturated carbocycles. The maximum atomic E-state index is 12.2. The summed E-state index contributed by atoms with van der Waals surface area (Å²) in [7, 11) is -3.28. The molecule has 0 amide bonds. The van der Waals surface area contributed by atoms with Crippen LogP contribution < -0.4 is 10.0 Å². The lowest BCUT2D eigenvalue weighted by atomic mass is 10.1. The molecule has 6 heteroatoms. The Hall–Kier alpha value is -0.560. The van der Waals surface area contributed by atoms with E-state index in [1.807, 2.05) is 44.4 Å². The van der Waals surface area contributed by atoms with Gasteiger partial charge in [-0.1, -0.05) is 31.2 Å². The van der Waals surface area contributed by atoms with Crippen molar-refractivity contribution in [2.45, 2.75) is 38.6 Å². The predicted molar refractivity (Wildman–Crippen MR) is 92.0 cm³/mol. The predicted octanol–water partition coefficient (Wildman–Crippen LogP) is 2.36. The van der Waals surface area contributed by atoms with Gasteiger partial charge >= 0.3 is 0 Å². The van der Waals surface area contributed by atoms with Crippen LogP contribution >= 0.6 is 11.8 Å². The molecule has 0 aliphatic carbocycles. The van der Waals surface area contributed by atoms with Crippen LogP contribution in [0.25, 0.3) is 0 Å². The lowest BCUT2D eigenvalue weighted by Gasteiger charge is -2.14. The topological polar surface area (TPSA) is 58.2 Å². The first-order valence-electron chi connectivity index (χ1n) is 7.24. The van der Waals surface area contributed by atoms with Gasteiger partial charge in [-0.25, -0.2) is 13.1 Å². The molecule has 1 atom stereocenters. The third kappa shape index (κ3) is 7.85. The van der Waals surface area contributed by atoms with Crippen LogP contribution in [0.15, 0.2) is 24.3 Å². The van der Waals surface area contributed by atoms with Gasteiger partial charge in [0, 0.05) is 12.6 Å². The molecule has 1 aromatic carbocycles. The molecule has 0 spiro atoms. The standard InChI is InChI=1S/C15H26N2O2S2/c1-4-16-11-14-6-5-7-15(10-14)12-21(18,19)17-13(2)8-9-20-3/h5-7,10,13,16-17H,4,8-9,11-12H2,1-3H3. The summed E-state index contributed by atoms with van der Waals surface area (Å²) in [6.45, 7) is 5.63. The van der Waals surface area contributed by atoms with Gasteiger partial charge in [0.1, 0.15) is 0 Å². The van der Waals surface area contributed by atoms with Crippen LogP contribution in [-0.2, 0) is 22.3 Å². The molecule has 0 saturated heterocycles. The van der Waals surface area contributed by atoms with Gasteiger partial charge in [-0.3, -0.25) is 0 Å². The number of nitrogens with one attached hydrogen (secondary N) is 2. The van der Waals surface area contributed by atoms with E-state index in [2.05, 4.69) is 10.0 Å². The Balaban J connectivity index is 2.62. The average Bonchev–Trinajstić information content (AvgIpc) is 2.42. The molecule has 1 rings (SSSR count). The fraction of sp³-hybridized carbons (Fsp3) is 0.600. The van der Waals surface area contributed by atoms with Crippen LogP contribution in [0.1, 0.15) is 31.4 Å². The van der Waals surface area contributed by atoms with Crippen LogP contribution in [0.4, 0.5) is 0 Å².